The largest absolute Gasteiger partial charge is 0.467 e. The van der Waals surface area contributed by atoms with Crippen LogP contribution in [0, 0.1) is 0 Å². The first-order valence-electron chi connectivity index (χ1n) is 7.12. The Balaban J connectivity index is 2.46. The minimum Gasteiger partial charge on any atom is -0.467 e. The topological polar surface area (TPSA) is 121 Å². The van der Waals surface area contributed by atoms with E-state index in [1.54, 1.807) is 38.0 Å². The molecule has 1 amide bonds. The van der Waals surface area contributed by atoms with E-state index in [2.05, 4.69) is 19.7 Å². The van der Waals surface area contributed by atoms with Gasteiger partial charge in [0.15, 0.2) is 6.54 Å². The number of nitrogens with zero attached hydrogens (tertiary/aromatic N) is 7. The lowest BCUT2D eigenvalue weighted by Crippen LogP contribution is -2.42. The molecule has 0 atom stereocenters. The highest BCUT2D eigenvalue weighted by Crippen LogP contribution is 2.18. The molecule has 24 heavy (non-hydrogen) atoms. The average Bonchev–Trinajstić information content (AvgIpc) is 2.82. The normalized spacial score (nSPS) is 14.2. The van der Waals surface area contributed by atoms with Gasteiger partial charge in [-0.15, -0.1) is 0 Å². The number of anilines is 2. The SMILES string of the molecule is COC(=O)CN1C(=O)C[N+](c2nc(N(C)C)nc(N(C)C)n2)=C1N. The summed E-state index contributed by atoms with van der Waals surface area (Å²) in [7, 11) is 8.43. The number of amides is 1. The number of nitrogens with two attached hydrogens (primary N) is 1. The van der Waals surface area contributed by atoms with Crippen LogP contribution in [0.25, 0.3) is 0 Å². The number of esters is 1. The van der Waals surface area contributed by atoms with E-state index < -0.39 is 5.97 Å². The fourth-order valence-corrected chi connectivity index (χ4v) is 1.98. The molecule has 0 saturated heterocycles. The summed E-state index contributed by atoms with van der Waals surface area (Å²) in [6, 6.07) is 0. The molecule has 0 saturated carbocycles. The lowest BCUT2D eigenvalue weighted by atomic mass is 10.5. The third-order valence-electron chi connectivity index (χ3n) is 3.30. The van der Waals surface area contributed by atoms with Crippen molar-refractivity contribution < 1.29 is 18.9 Å². The van der Waals surface area contributed by atoms with Crippen molar-refractivity contribution in [3.05, 3.63) is 0 Å². The summed E-state index contributed by atoms with van der Waals surface area (Å²) in [6.45, 7) is -0.323. The van der Waals surface area contributed by atoms with Crippen LogP contribution in [0.15, 0.2) is 0 Å². The van der Waals surface area contributed by atoms with Gasteiger partial charge in [0.05, 0.1) is 7.11 Å². The number of aromatic nitrogens is 3. The zero-order valence-electron chi connectivity index (χ0n) is 14.3. The van der Waals surface area contributed by atoms with Crippen LogP contribution in [0.5, 0.6) is 0 Å². The molecule has 1 aromatic rings. The van der Waals surface area contributed by atoms with Crippen LogP contribution in [0.2, 0.25) is 0 Å². The summed E-state index contributed by atoms with van der Waals surface area (Å²) in [5.74, 6) is 0.259. The third-order valence-corrected chi connectivity index (χ3v) is 3.30. The Morgan fingerprint density at radius 2 is 1.75 bits per heavy atom. The quantitative estimate of drug-likeness (QED) is 0.479. The molecule has 0 radical (unpaired) electrons. The van der Waals surface area contributed by atoms with E-state index in [1.165, 1.54) is 11.7 Å². The van der Waals surface area contributed by atoms with Gasteiger partial charge in [0.2, 0.25) is 0 Å². The Kier molecular flexibility index (Phi) is 4.81. The first-order valence-corrected chi connectivity index (χ1v) is 7.12. The molecule has 0 aliphatic carbocycles. The predicted molar refractivity (Wildman–Crippen MR) is 86.2 cm³/mol. The molecule has 0 unspecified atom stereocenters. The van der Waals surface area contributed by atoms with E-state index in [4.69, 9.17) is 5.73 Å². The molecule has 11 nitrogen and oxygen atoms in total. The van der Waals surface area contributed by atoms with Gasteiger partial charge in [-0.05, 0) is 0 Å². The highest BCUT2D eigenvalue weighted by Gasteiger charge is 2.37. The number of ether oxygens (including phenoxy) is 1. The zero-order valence-corrected chi connectivity index (χ0v) is 14.3. The summed E-state index contributed by atoms with van der Waals surface area (Å²) in [5, 5.41) is 0. The second-order valence-electron chi connectivity index (χ2n) is 5.52. The Hall–Kier alpha value is -2.98. The van der Waals surface area contributed by atoms with Crippen molar-refractivity contribution in [2.24, 2.45) is 5.73 Å². The highest BCUT2D eigenvalue weighted by molar-refractivity contribution is 6.00. The molecule has 0 bridgehead atoms. The Morgan fingerprint density at radius 1 is 1.21 bits per heavy atom. The first kappa shape index (κ1) is 17.4. The average molecular weight is 337 g/mol. The molecule has 1 aromatic heterocycles. The number of rotatable bonds is 5. The van der Waals surface area contributed by atoms with Gasteiger partial charge in [-0.1, -0.05) is 9.97 Å². The van der Waals surface area contributed by atoms with Crippen LogP contribution >= 0.6 is 0 Å². The summed E-state index contributed by atoms with van der Waals surface area (Å²) >= 11 is 0. The number of methoxy groups -OCH3 is 1. The Bertz CT molecular complexity index is 674. The van der Waals surface area contributed by atoms with Crippen molar-refractivity contribution in [1.29, 1.82) is 0 Å². The maximum absolute atomic E-state index is 12.1. The second kappa shape index (κ2) is 6.64. The molecule has 11 heteroatoms. The molecule has 0 fully saturated rings. The Morgan fingerprint density at radius 3 is 2.21 bits per heavy atom. The van der Waals surface area contributed by atoms with E-state index in [0.717, 1.165) is 4.90 Å². The predicted octanol–water partition coefficient (Wildman–Crippen LogP) is -2.02. The van der Waals surface area contributed by atoms with Gasteiger partial charge in [0.25, 0.3) is 23.8 Å². The molecule has 0 aromatic carbocycles. The molecule has 2 heterocycles. The fourth-order valence-electron chi connectivity index (χ4n) is 1.98. The van der Waals surface area contributed by atoms with Gasteiger partial charge in [-0.3, -0.25) is 4.79 Å². The standard InChI is InChI=1S/C13H20N8O3/c1-18(2)11-15-12(19(3)4)17-13(16-11)21-6-8(22)20(10(21)14)7-9(23)24-5/h14H,6-7H2,1-5H3/p+1. The molecular weight excluding hydrogens is 316 g/mol. The first-order chi connectivity index (χ1) is 11.2. The van der Waals surface area contributed by atoms with E-state index in [0.29, 0.717) is 11.9 Å². The van der Waals surface area contributed by atoms with Crippen molar-refractivity contribution in [2.75, 3.05) is 58.2 Å². The van der Waals surface area contributed by atoms with Crippen LogP contribution in [0.1, 0.15) is 0 Å². The smallest absolute Gasteiger partial charge is 0.363 e. The number of hydrogen-bond acceptors (Lipinski definition) is 9. The van der Waals surface area contributed by atoms with E-state index >= 15 is 0 Å². The zero-order chi connectivity index (χ0) is 18.0. The lowest BCUT2D eigenvalue weighted by molar-refractivity contribution is -0.432. The van der Waals surface area contributed by atoms with Gasteiger partial charge in [0, 0.05) is 28.2 Å². The number of carbonyl (C=O) groups excluding carboxylic acids is 2. The van der Waals surface area contributed by atoms with Crippen LogP contribution in [-0.2, 0) is 14.3 Å². The molecule has 1 aliphatic rings. The maximum atomic E-state index is 12.1. The van der Waals surface area contributed by atoms with Crippen molar-refractivity contribution >= 4 is 35.7 Å². The third kappa shape index (κ3) is 3.34. The van der Waals surface area contributed by atoms with E-state index in [-0.39, 0.29) is 30.9 Å². The van der Waals surface area contributed by atoms with E-state index in [1.807, 2.05) is 0 Å². The Labute approximate surface area is 139 Å². The molecular formula is C13H21N8O3+. The highest BCUT2D eigenvalue weighted by atomic mass is 16.5. The van der Waals surface area contributed by atoms with Gasteiger partial charge >= 0.3 is 11.9 Å². The monoisotopic (exact) mass is 337 g/mol. The van der Waals surface area contributed by atoms with Crippen molar-refractivity contribution in [2.45, 2.75) is 0 Å². The molecule has 2 rings (SSSR count). The minimum absolute atomic E-state index is 0.0629. The van der Waals surface area contributed by atoms with Gasteiger partial charge in [0.1, 0.15) is 6.54 Å². The van der Waals surface area contributed by atoms with Gasteiger partial charge < -0.3 is 20.3 Å². The van der Waals surface area contributed by atoms with Crippen molar-refractivity contribution in [3.63, 3.8) is 0 Å². The molecule has 0 spiro atoms. The number of guanidine groups is 1. The second-order valence-corrected chi connectivity index (χ2v) is 5.52. The minimum atomic E-state index is -0.563. The van der Waals surface area contributed by atoms with Crippen LogP contribution in [0.3, 0.4) is 0 Å². The van der Waals surface area contributed by atoms with Gasteiger partial charge in [-0.25, -0.2) is 14.3 Å². The van der Waals surface area contributed by atoms with Crippen molar-refractivity contribution in [1.82, 2.24) is 19.9 Å². The van der Waals surface area contributed by atoms with Crippen molar-refractivity contribution in [3.8, 4) is 0 Å². The van der Waals surface area contributed by atoms with Gasteiger partial charge in [-0.2, -0.15) is 4.98 Å². The molecule has 130 valence electrons. The summed E-state index contributed by atoms with van der Waals surface area (Å²) in [5.41, 5.74) is 6.01. The maximum Gasteiger partial charge on any atom is 0.363 e. The number of carbonyl (C=O) groups is 2. The summed E-state index contributed by atoms with van der Waals surface area (Å²) in [4.78, 5) is 41.1. The lowest BCUT2D eigenvalue weighted by Gasteiger charge is -2.13. The van der Waals surface area contributed by atoms with Crippen LogP contribution in [0.4, 0.5) is 17.8 Å². The molecule has 1 aliphatic heterocycles. The summed E-state index contributed by atoms with van der Waals surface area (Å²) in [6.07, 6.45) is 0. The fraction of sp³-hybridized carbons (Fsp3) is 0.538. The van der Waals surface area contributed by atoms with Crippen LogP contribution < -0.4 is 15.5 Å². The summed E-state index contributed by atoms with van der Waals surface area (Å²) < 4.78 is 6.01. The number of hydrogen-bond donors (Lipinski definition) is 1. The molecule has 2 N–H and O–H groups in total. The van der Waals surface area contributed by atoms with E-state index in [9.17, 15) is 9.59 Å². The van der Waals surface area contributed by atoms with Crippen LogP contribution in [-0.4, -0.2) is 90.7 Å².